The quantitative estimate of drug-likeness (QED) is 0.690. The van der Waals surface area contributed by atoms with Gasteiger partial charge in [-0.1, -0.05) is 24.2 Å². The molecule has 0 radical (unpaired) electrons. The molecule has 1 saturated heterocycles. The molecule has 28 heavy (non-hydrogen) atoms. The van der Waals surface area contributed by atoms with Gasteiger partial charge in [0.2, 0.25) is 11.7 Å². The third-order valence-corrected chi connectivity index (χ3v) is 4.75. The summed E-state index contributed by atoms with van der Waals surface area (Å²) in [5.41, 5.74) is 1.39. The molecule has 8 heteroatoms. The van der Waals surface area contributed by atoms with Crippen LogP contribution in [0.5, 0.6) is 0 Å². The third kappa shape index (κ3) is 3.53. The summed E-state index contributed by atoms with van der Waals surface area (Å²) in [5.74, 6) is 1.22. The zero-order valence-electron chi connectivity index (χ0n) is 15.5. The van der Waals surface area contributed by atoms with Crippen molar-refractivity contribution >= 4 is 11.8 Å². The second-order valence-electron chi connectivity index (χ2n) is 6.50. The molecule has 4 rings (SSSR count). The molecule has 0 unspecified atom stereocenters. The van der Waals surface area contributed by atoms with Gasteiger partial charge >= 0.3 is 0 Å². The summed E-state index contributed by atoms with van der Waals surface area (Å²) in [5, 5.41) is 3.94. The highest BCUT2D eigenvalue weighted by Gasteiger charge is 2.26. The van der Waals surface area contributed by atoms with Gasteiger partial charge in [0.25, 0.3) is 11.8 Å². The fraction of sp³-hybridized carbons (Fsp3) is 0.300. The minimum absolute atomic E-state index is 0.0565. The monoisotopic (exact) mass is 380 g/mol. The summed E-state index contributed by atoms with van der Waals surface area (Å²) in [6.45, 7) is 3.87. The van der Waals surface area contributed by atoms with Crippen molar-refractivity contribution in [1.82, 2.24) is 19.9 Å². The number of amides is 2. The van der Waals surface area contributed by atoms with E-state index in [1.165, 1.54) is 6.26 Å². The zero-order chi connectivity index (χ0) is 19.5. The van der Waals surface area contributed by atoms with Crippen LogP contribution < -0.4 is 0 Å². The summed E-state index contributed by atoms with van der Waals surface area (Å²) in [7, 11) is 0. The fourth-order valence-corrected chi connectivity index (χ4v) is 3.13. The van der Waals surface area contributed by atoms with Crippen LogP contribution in [0.4, 0.5) is 0 Å². The fourth-order valence-electron chi connectivity index (χ4n) is 3.13. The Bertz CT molecular complexity index is 955. The molecule has 3 heterocycles. The average Bonchev–Trinajstić information content (AvgIpc) is 3.45. The normalized spacial score (nSPS) is 14.3. The number of hydrogen-bond acceptors (Lipinski definition) is 6. The highest BCUT2D eigenvalue weighted by Crippen LogP contribution is 2.18. The minimum Gasteiger partial charge on any atom is -0.459 e. The molecule has 2 aromatic heterocycles. The Morgan fingerprint density at radius 1 is 1.00 bits per heavy atom. The van der Waals surface area contributed by atoms with Gasteiger partial charge in [-0.15, -0.1) is 0 Å². The van der Waals surface area contributed by atoms with Crippen molar-refractivity contribution in [1.29, 1.82) is 0 Å². The lowest BCUT2D eigenvalue weighted by Crippen LogP contribution is -2.50. The highest BCUT2D eigenvalue weighted by atomic mass is 16.5. The second-order valence-corrected chi connectivity index (χ2v) is 6.50. The van der Waals surface area contributed by atoms with Crippen molar-refractivity contribution < 1.29 is 18.5 Å². The molecule has 0 saturated carbocycles. The van der Waals surface area contributed by atoms with E-state index < -0.39 is 0 Å². The standard InChI is InChI=1S/C20H20N4O4/c1-2-17-21-18(22-28-17)14-5-7-15(8-6-14)19(25)23-9-11-24(12-10-23)20(26)16-4-3-13-27-16/h3-8,13H,2,9-12H2,1H3. The summed E-state index contributed by atoms with van der Waals surface area (Å²) in [6, 6.07) is 10.5. The number of nitrogens with zero attached hydrogens (tertiary/aromatic N) is 4. The number of carbonyl (C=O) groups excluding carboxylic acids is 2. The van der Waals surface area contributed by atoms with E-state index in [2.05, 4.69) is 10.1 Å². The number of aromatic nitrogens is 2. The number of aryl methyl sites for hydroxylation is 1. The van der Waals surface area contributed by atoms with Crippen LogP contribution in [0.1, 0.15) is 33.7 Å². The SMILES string of the molecule is CCc1nc(-c2ccc(C(=O)N3CCN(C(=O)c4ccco4)CC3)cc2)no1. The molecular formula is C20H20N4O4. The van der Waals surface area contributed by atoms with Gasteiger partial charge in [-0.05, 0) is 24.3 Å². The molecule has 0 aliphatic carbocycles. The van der Waals surface area contributed by atoms with Gasteiger partial charge in [-0.25, -0.2) is 0 Å². The summed E-state index contributed by atoms with van der Waals surface area (Å²) in [4.78, 5) is 32.8. The average molecular weight is 380 g/mol. The molecule has 2 amide bonds. The van der Waals surface area contributed by atoms with Crippen molar-refractivity contribution in [3.8, 4) is 11.4 Å². The van der Waals surface area contributed by atoms with Crippen molar-refractivity contribution in [2.45, 2.75) is 13.3 Å². The van der Waals surface area contributed by atoms with Crippen molar-refractivity contribution in [3.05, 3.63) is 59.9 Å². The minimum atomic E-state index is -0.145. The second kappa shape index (κ2) is 7.67. The first-order chi connectivity index (χ1) is 13.7. The van der Waals surface area contributed by atoms with Gasteiger partial charge in [0.1, 0.15) is 0 Å². The molecule has 1 fully saturated rings. The maximum atomic E-state index is 12.8. The van der Waals surface area contributed by atoms with Gasteiger partial charge < -0.3 is 18.7 Å². The number of piperazine rings is 1. The summed E-state index contributed by atoms with van der Waals surface area (Å²) >= 11 is 0. The van der Waals surface area contributed by atoms with E-state index in [1.807, 2.05) is 19.1 Å². The Labute approximate surface area is 161 Å². The van der Waals surface area contributed by atoms with E-state index >= 15 is 0 Å². The molecule has 0 atom stereocenters. The Kier molecular flexibility index (Phi) is 4.92. The van der Waals surface area contributed by atoms with E-state index in [0.29, 0.717) is 55.6 Å². The van der Waals surface area contributed by atoms with E-state index in [0.717, 1.165) is 5.56 Å². The predicted octanol–water partition coefficient (Wildman–Crippen LogP) is 2.49. The van der Waals surface area contributed by atoms with E-state index in [-0.39, 0.29) is 11.8 Å². The number of furan rings is 1. The lowest BCUT2D eigenvalue weighted by molar-refractivity contribution is 0.0518. The highest BCUT2D eigenvalue weighted by molar-refractivity contribution is 5.95. The van der Waals surface area contributed by atoms with Gasteiger partial charge in [-0.2, -0.15) is 4.98 Å². The Morgan fingerprint density at radius 2 is 1.68 bits per heavy atom. The predicted molar refractivity (Wildman–Crippen MR) is 99.6 cm³/mol. The zero-order valence-corrected chi connectivity index (χ0v) is 15.5. The van der Waals surface area contributed by atoms with Crippen LogP contribution >= 0.6 is 0 Å². The number of rotatable bonds is 4. The Morgan fingerprint density at radius 3 is 2.25 bits per heavy atom. The van der Waals surface area contributed by atoms with Crippen LogP contribution in [0, 0.1) is 0 Å². The van der Waals surface area contributed by atoms with Crippen LogP contribution in [0.25, 0.3) is 11.4 Å². The van der Waals surface area contributed by atoms with Crippen LogP contribution in [-0.4, -0.2) is 57.9 Å². The van der Waals surface area contributed by atoms with Crippen LogP contribution in [0.2, 0.25) is 0 Å². The summed E-state index contributed by atoms with van der Waals surface area (Å²) in [6.07, 6.45) is 2.16. The first-order valence-corrected chi connectivity index (χ1v) is 9.21. The van der Waals surface area contributed by atoms with Crippen LogP contribution in [-0.2, 0) is 6.42 Å². The Balaban J connectivity index is 1.38. The van der Waals surface area contributed by atoms with Crippen LogP contribution in [0.15, 0.2) is 51.6 Å². The number of hydrogen-bond donors (Lipinski definition) is 0. The molecule has 0 N–H and O–H groups in total. The molecular weight excluding hydrogens is 360 g/mol. The smallest absolute Gasteiger partial charge is 0.289 e. The molecule has 1 aromatic carbocycles. The molecule has 3 aromatic rings. The van der Waals surface area contributed by atoms with Crippen molar-refractivity contribution in [3.63, 3.8) is 0 Å². The Hall–Kier alpha value is -3.42. The first-order valence-electron chi connectivity index (χ1n) is 9.21. The van der Waals surface area contributed by atoms with E-state index in [4.69, 9.17) is 8.94 Å². The molecule has 8 nitrogen and oxygen atoms in total. The van der Waals surface area contributed by atoms with E-state index in [9.17, 15) is 9.59 Å². The molecule has 144 valence electrons. The summed E-state index contributed by atoms with van der Waals surface area (Å²) < 4.78 is 10.3. The van der Waals surface area contributed by atoms with Crippen molar-refractivity contribution in [2.75, 3.05) is 26.2 Å². The number of benzene rings is 1. The maximum absolute atomic E-state index is 12.8. The maximum Gasteiger partial charge on any atom is 0.289 e. The van der Waals surface area contributed by atoms with Gasteiger partial charge in [0, 0.05) is 43.7 Å². The largest absolute Gasteiger partial charge is 0.459 e. The topological polar surface area (TPSA) is 92.7 Å². The van der Waals surface area contributed by atoms with Crippen molar-refractivity contribution in [2.24, 2.45) is 0 Å². The molecule has 0 bridgehead atoms. The molecule has 0 spiro atoms. The van der Waals surface area contributed by atoms with E-state index in [1.54, 1.807) is 34.1 Å². The lowest BCUT2D eigenvalue weighted by Gasteiger charge is -2.34. The number of carbonyl (C=O) groups is 2. The first kappa shape index (κ1) is 18.0. The third-order valence-electron chi connectivity index (χ3n) is 4.75. The van der Waals surface area contributed by atoms with Gasteiger partial charge in [0.05, 0.1) is 6.26 Å². The van der Waals surface area contributed by atoms with Crippen LogP contribution in [0.3, 0.4) is 0 Å². The van der Waals surface area contributed by atoms with Gasteiger partial charge in [-0.3, -0.25) is 9.59 Å². The lowest BCUT2D eigenvalue weighted by atomic mass is 10.1. The molecule has 1 aliphatic rings. The van der Waals surface area contributed by atoms with Gasteiger partial charge in [0.15, 0.2) is 5.76 Å². The molecule has 1 aliphatic heterocycles.